The lowest BCUT2D eigenvalue weighted by atomic mass is 9.93. The van der Waals surface area contributed by atoms with E-state index in [-0.39, 0.29) is 34.9 Å². The second-order valence-corrected chi connectivity index (χ2v) is 8.11. The summed E-state index contributed by atoms with van der Waals surface area (Å²) in [6.45, 7) is 5.91. The van der Waals surface area contributed by atoms with Crippen LogP contribution in [-0.2, 0) is 10.0 Å². The standard InChI is InChI=1S/C15H23N3O4S.ClH/c1-10-6-7-14(18(19)20)15(11(10)2)23(21,22)17-8-4-5-13(9-17)12(3)16;/h6-7,12-13H,4-5,8-9,16H2,1-3H3;1H. The van der Waals surface area contributed by atoms with Gasteiger partial charge in [0, 0.05) is 25.2 Å². The number of piperidine rings is 1. The van der Waals surface area contributed by atoms with Gasteiger partial charge in [0.05, 0.1) is 4.92 Å². The lowest BCUT2D eigenvalue weighted by Crippen LogP contribution is -2.45. The van der Waals surface area contributed by atoms with Crippen LogP contribution in [0.5, 0.6) is 0 Å². The molecule has 2 rings (SSSR count). The highest BCUT2D eigenvalue weighted by atomic mass is 35.5. The molecule has 9 heteroatoms. The van der Waals surface area contributed by atoms with E-state index in [1.165, 1.54) is 10.4 Å². The number of rotatable bonds is 4. The summed E-state index contributed by atoms with van der Waals surface area (Å²) in [5.74, 6) is 0.0719. The summed E-state index contributed by atoms with van der Waals surface area (Å²) in [6, 6.07) is 2.73. The van der Waals surface area contributed by atoms with Crippen molar-refractivity contribution in [1.82, 2.24) is 4.31 Å². The number of hydrogen-bond acceptors (Lipinski definition) is 5. The molecule has 0 bridgehead atoms. The van der Waals surface area contributed by atoms with Gasteiger partial charge in [0.25, 0.3) is 5.69 Å². The number of nitro groups is 1. The van der Waals surface area contributed by atoms with Crippen molar-refractivity contribution < 1.29 is 13.3 Å². The van der Waals surface area contributed by atoms with Gasteiger partial charge in [-0.2, -0.15) is 4.31 Å². The normalized spacial score (nSPS) is 20.2. The average molecular weight is 378 g/mol. The van der Waals surface area contributed by atoms with E-state index in [2.05, 4.69) is 0 Å². The van der Waals surface area contributed by atoms with Gasteiger partial charge in [0.15, 0.2) is 4.90 Å². The molecular weight excluding hydrogens is 354 g/mol. The lowest BCUT2D eigenvalue weighted by Gasteiger charge is -2.34. The van der Waals surface area contributed by atoms with Crippen molar-refractivity contribution in [3.05, 3.63) is 33.4 Å². The number of nitro benzene ring substituents is 1. The highest BCUT2D eigenvalue weighted by Crippen LogP contribution is 2.33. The van der Waals surface area contributed by atoms with E-state index in [4.69, 9.17) is 5.73 Å². The number of benzene rings is 1. The SMILES string of the molecule is Cc1ccc([N+](=O)[O-])c(S(=O)(=O)N2CCCC(C(C)N)C2)c1C.Cl. The first-order chi connectivity index (χ1) is 10.7. The Bertz CT molecular complexity index is 722. The van der Waals surface area contributed by atoms with Crippen molar-refractivity contribution >= 4 is 28.1 Å². The molecular formula is C15H24ClN3O4S. The van der Waals surface area contributed by atoms with Crippen LogP contribution in [0.25, 0.3) is 0 Å². The van der Waals surface area contributed by atoms with Gasteiger partial charge in [-0.05, 0) is 50.7 Å². The fourth-order valence-electron chi connectivity index (χ4n) is 3.00. The maximum atomic E-state index is 13.0. The van der Waals surface area contributed by atoms with Gasteiger partial charge in [-0.15, -0.1) is 12.4 Å². The van der Waals surface area contributed by atoms with Crippen molar-refractivity contribution in [1.29, 1.82) is 0 Å². The third-order valence-electron chi connectivity index (χ3n) is 4.61. The Balaban J connectivity index is 0.00000288. The third-order valence-corrected chi connectivity index (χ3v) is 6.66. The first-order valence-electron chi connectivity index (χ1n) is 7.66. The van der Waals surface area contributed by atoms with Crippen LogP contribution in [0.1, 0.15) is 30.9 Å². The molecule has 136 valence electrons. The van der Waals surface area contributed by atoms with Gasteiger partial charge in [0.1, 0.15) is 0 Å². The van der Waals surface area contributed by atoms with Crippen LogP contribution in [0.15, 0.2) is 17.0 Å². The van der Waals surface area contributed by atoms with Crippen molar-refractivity contribution in [2.24, 2.45) is 11.7 Å². The van der Waals surface area contributed by atoms with Gasteiger partial charge in [-0.25, -0.2) is 8.42 Å². The summed E-state index contributed by atoms with van der Waals surface area (Å²) in [6.07, 6.45) is 1.59. The van der Waals surface area contributed by atoms with Crippen LogP contribution in [-0.4, -0.2) is 36.8 Å². The zero-order valence-electron chi connectivity index (χ0n) is 14.1. The molecule has 0 saturated carbocycles. The predicted octanol–water partition coefficient (Wildman–Crippen LogP) is 2.38. The van der Waals surface area contributed by atoms with Crippen LogP contribution in [0.3, 0.4) is 0 Å². The fraction of sp³-hybridized carbons (Fsp3) is 0.600. The first kappa shape index (κ1) is 20.8. The Morgan fingerprint density at radius 1 is 1.38 bits per heavy atom. The molecule has 0 spiro atoms. The minimum atomic E-state index is -3.92. The zero-order valence-corrected chi connectivity index (χ0v) is 15.7. The van der Waals surface area contributed by atoms with Crippen LogP contribution in [0.2, 0.25) is 0 Å². The van der Waals surface area contributed by atoms with Crippen LogP contribution < -0.4 is 5.73 Å². The van der Waals surface area contributed by atoms with E-state index in [0.29, 0.717) is 25.1 Å². The molecule has 1 aliphatic heterocycles. The molecule has 0 aliphatic carbocycles. The lowest BCUT2D eigenvalue weighted by molar-refractivity contribution is -0.388. The summed E-state index contributed by atoms with van der Waals surface area (Å²) >= 11 is 0. The van der Waals surface area contributed by atoms with Gasteiger partial charge in [-0.1, -0.05) is 6.07 Å². The second kappa shape index (κ2) is 7.77. The fourth-order valence-corrected chi connectivity index (χ4v) is 4.97. The molecule has 0 radical (unpaired) electrons. The molecule has 1 saturated heterocycles. The summed E-state index contributed by atoms with van der Waals surface area (Å²) < 4.78 is 27.4. The molecule has 0 amide bonds. The molecule has 1 aromatic carbocycles. The molecule has 2 N–H and O–H groups in total. The average Bonchev–Trinajstić information content (AvgIpc) is 2.49. The van der Waals surface area contributed by atoms with Crippen LogP contribution >= 0.6 is 12.4 Å². The quantitative estimate of drug-likeness (QED) is 0.640. The van der Waals surface area contributed by atoms with E-state index >= 15 is 0 Å². The first-order valence-corrected chi connectivity index (χ1v) is 9.10. The maximum absolute atomic E-state index is 13.0. The number of nitrogens with two attached hydrogens (primary N) is 1. The van der Waals surface area contributed by atoms with Crippen LogP contribution in [0.4, 0.5) is 5.69 Å². The van der Waals surface area contributed by atoms with Crippen molar-refractivity contribution in [3.63, 3.8) is 0 Å². The number of sulfonamides is 1. The molecule has 0 aromatic heterocycles. The molecule has 24 heavy (non-hydrogen) atoms. The van der Waals surface area contributed by atoms with Crippen LogP contribution in [0, 0.1) is 29.9 Å². The Hall–Kier alpha value is -1.22. The monoisotopic (exact) mass is 377 g/mol. The summed E-state index contributed by atoms with van der Waals surface area (Å²) in [5, 5.41) is 11.3. The summed E-state index contributed by atoms with van der Waals surface area (Å²) in [7, 11) is -3.92. The highest BCUT2D eigenvalue weighted by molar-refractivity contribution is 7.89. The number of aryl methyl sites for hydroxylation is 1. The van der Waals surface area contributed by atoms with Gasteiger partial charge >= 0.3 is 0 Å². The highest BCUT2D eigenvalue weighted by Gasteiger charge is 2.37. The molecule has 1 aliphatic rings. The minimum absolute atomic E-state index is 0. The van der Waals surface area contributed by atoms with Crippen molar-refractivity contribution in [2.45, 2.75) is 44.6 Å². The molecule has 1 fully saturated rings. The Kier molecular flexibility index (Phi) is 6.75. The zero-order chi connectivity index (χ0) is 17.4. The third kappa shape index (κ3) is 3.88. The van der Waals surface area contributed by atoms with E-state index < -0.39 is 14.9 Å². The largest absolute Gasteiger partial charge is 0.328 e. The number of hydrogen-bond donors (Lipinski definition) is 1. The van der Waals surface area contributed by atoms with Gasteiger partial charge < -0.3 is 5.73 Å². The Morgan fingerprint density at radius 3 is 2.54 bits per heavy atom. The Morgan fingerprint density at radius 2 is 2.00 bits per heavy atom. The van der Waals surface area contributed by atoms with Crippen molar-refractivity contribution in [2.75, 3.05) is 13.1 Å². The maximum Gasteiger partial charge on any atom is 0.289 e. The molecule has 7 nitrogen and oxygen atoms in total. The molecule has 1 aromatic rings. The molecule has 2 atom stereocenters. The van der Waals surface area contributed by atoms with Crippen molar-refractivity contribution in [3.8, 4) is 0 Å². The minimum Gasteiger partial charge on any atom is -0.328 e. The number of halogens is 1. The molecule has 2 unspecified atom stereocenters. The van der Waals surface area contributed by atoms with E-state index in [9.17, 15) is 18.5 Å². The van der Waals surface area contributed by atoms with E-state index in [0.717, 1.165) is 12.0 Å². The van der Waals surface area contributed by atoms with Gasteiger partial charge in [0.2, 0.25) is 10.0 Å². The molecule has 1 heterocycles. The van der Waals surface area contributed by atoms with E-state index in [1.54, 1.807) is 19.9 Å². The second-order valence-electron chi connectivity index (χ2n) is 6.24. The van der Waals surface area contributed by atoms with E-state index in [1.807, 2.05) is 6.92 Å². The smallest absolute Gasteiger partial charge is 0.289 e. The topological polar surface area (TPSA) is 107 Å². The summed E-state index contributed by atoms with van der Waals surface area (Å²) in [4.78, 5) is 10.5. The Labute approximate surface area is 148 Å². The number of nitrogens with zero attached hydrogens (tertiary/aromatic N) is 2. The van der Waals surface area contributed by atoms with Gasteiger partial charge in [-0.3, -0.25) is 10.1 Å². The predicted molar refractivity (Wildman–Crippen MR) is 95.0 cm³/mol. The summed E-state index contributed by atoms with van der Waals surface area (Å²) in [5.41, 5.74) is 6.70.